The van der Waals surface area contributed by atoms with E-state index in [4.69, 9.17) is 0 Å². The van der Waals surface area contributed by atoms with Crippen molar-refractivity contribution in [1.82, 2.24) is 15.4 Å². The van der Waals surface area contributed by atoms with E-state index in [1.54, 1.807) is 0 Å². The maximum Gasteiger partial charge on any atom is 0.573 e. The molecule has 0 saturated heterocycles. The lowest BCUT2D eigenvalue weighted by Gasteiger charge is -2.12. The van der Waals surface area contributed by atoms with Gasteiger partial charge in [0.05, 0.1) is 11.9 Å². The largest absolute Gasteiger partial charge is 0.573 e. The molecule has 2 aromatic carbocycles. The number of halogens is 4. The number of nitrogens with zero attached hydrogens (tertiary/aromatic N) is 2. The van der Waals surface area contributed by atoms with Gasteiger partial charge in [0.1, 0.15) is 5.75 Å². The molecule has 1 aromatic heterocycles. The van der Waals surface area contributed by atoms with Crippen molar-refractivity contribution in [3.8, 4) is 5.75 Å². The highest BCUT2D eigenvalue weighted by molar-refractivity contribution is 5.66. The highest BCUT2D eigenvalue weighted by Gasteiger charge is 2.31. The maximum atomic E-state index is 14.1. The number of nitrogens with one attached hydrogen (secondary N) is 4. The first-order chi connectivity index (χ1) is 13.9. The number of hydrazine groups is 1. The lowest BCUT2D eigenvalue weighted by atomic mass is 10.2. The average Bonchev–Trinajstić information content (AvgIpc) is 3.11. The van der Waals surface area contributed by atoms with Crippen LogP contribution in [0.4, 0.5) is 46.4 Å². The summed E-state index contributed by atoms with van der Waals surface area (Å²) in [4.78, 5) is 7.94. The van der Waals surface area contributed by atoms with Gasteiger partial charge in [-0.15, -0.1) is 13.2 Å². The second kappa shape index (κ2) is 7.43. The topological polar surface area (TPSA) is 83.1 Å². The lowest BCUT2D eigenvalue weighted by molar-refractivity contribution is -0.274. The van der Waals surface area contributed by atoms with Crippen LogP contribution in [-0.4, -0.2) is 16.3 Å². The molecule has 4 rings (SSSR count). The Hall–Kier alpha value is -3.60. The molecule has 0 fully saturated rings. The second-order valence-electron chi connectivity index (χ2n) is 6.07. The van der Waals surface area contributed by atoms with Crippen molar-refractivity contribution in [3.05, 3.63) is 60.0 Å². The molecule has 0 spiro atoms. The van der Waals surface area contributed by atoms with E-state index in [0.29, 0.717) is 12.2 Å². The number of alkyl halides is 3. The van der Waals surface area contributed by atoms with Crippen molar-refractivity contribution in [2.24, 2.45) is 0 Å². The first kappa shape index (κ1) is 18.7. The molecule has 4 N–H and O–H groups in total. The minimum Gasteiger partial charge on any atom is -0.406 e. The first-order valence-corrected chi connectivity index (χ1v) is 8.40. The molecule has 7 nitrogen and oxygen atoms in total. The van der Waals surface area contributed by atoms with Crippen LogP contribution >= 0.6 is 0 Å². The summed E-state index contributed by atoms with van der Waals surface area (Å²) in [5, 5.41) is 5.59. The van der Waals surface area contributed by atoms with Crippen LogP contribution < -0.4 is 26.2 Å². The predicted molar refractivity (Wildman–Crippen MR) is 98.6 cm³/mol. The summed E-state index contributed by atoms with van der Waals surface area (Å²) in [6, 6.07) is 10.6. The highest BCUT2D eigenvalue weighted by Crippen LogP contribution is 2.28. The summed E-state index contributed by atoms with van der Waals surface area (Å²) in [5.74, 6) is -1.29. The Morgan fingerprint density at radius 2 is 1.86 bits per heavy atom. The molecule has 1 aliphatic heterocycles. The van der Waals surface area contributed by atoms with Crippen molar-refractivity contribution in [2.45, 2.75) is 12.9 Å². The minimum absolute atomic E-state index is 0.113. The van der Waals surface area contributed by atoms with Crippen LogP contribution in [0.3, 0.4) is 0 Å². The van der Waals surface area contributed by atoms with Crippen LogP contribution in [0.5, 0.6) is 5.75 Å². The van der Waals surface area contributed by atoms with E-state index in [9.17, 15) is 17.6 Å². The van der Waals surface area contributed by atoms with E-state index in [1.165, 1.54) is 12.1 Å². The van der Waals surface area contributed by atoms with Gasteiger partial charge in [0.25, 0.3) is 0 Å². The molecule has 0 unspecified atom stereocenters. The van der Waals surface area contributed by atoms with E-state index >= 15 is 0 Å². The quantitative estimate of drug-likeness (QED) is 0.467. The van der Waals surface area contributed by atoms with Crippen molar-refractivity contribution in [3.63, 3.8) is 0 Å². The highest BCUT2D eigenvalue weighted by atomic mass is 19.4. The average molecular weight is 406 g/mol. The summed E-state index contributed by atoms with van der Waals surface area (Å²) < 4.78 is 55.1. The van der Waals surface area contributed by atoms with Gasteiger partial charge in [-0.25, -0.2) is 14.8 Å². The molecule has 11 heteroatoms. The maximum absolute atomic E-state index is 14.1. The molecule has 0 saturated carbocycles. The van der Waals surface area contributed by atoms with E-state index in [2.05, 4.69) is 36.2 Å². The predicted octanol–water partition coefficient (Wildman–Crippen LogP) is 4.43. The Kier molecular flexibility index (Phi) is 4.80. The molecule has 1 aliphatic rings. The molecule has 0 radical (unpaired) electrons. The van der Waals surface area contributed by atoms with Crippen LogP contribution in [-0.2, 0) is 6.54 Å². The van der Waals surface area contributed by atoms with Crippen LogP contribution in [0, 0.1) is 5.82 Å². The fraction of sp³-hybridized carbons (Fsp3) is 0.111. The van der Waals surface area contributed by atoms with Crippen LogP contribution in [0.2, 0.25) is 0 Å². The zero-order chi connectivity index (χ0) is 20.4. The number of aromatic nitrogens is 2. The third-order valence-corrected chi connectivity index (χ3v) is 3.94. The van der Waals surface area contributed by atoms with Gasteiger partial charge in [-0.05, 0) is 29.8 Å². The second-order valence-corrected chi connectivity index (χ2v) is 6.07. The minimum atomic E-state index is -4.82. The van der Waals surface area contributed by atoms with Crippen molar-refractivity contribution >= 4 is 28.8 Å². The van der Waals surface area contributed by atoms with Gasteiger partial charge in [0, 0.05) is 24.0 Å². The number of hydrogen-bond acceptors (Lipinski definition) is 7. The van der Waals surface area contributed by atoms with Crippen LogP contribution in [0.25, 0.3) is 0 Å². The number of fused-ring (bicyclic) bond motifs is 1. The van der Waals surface area contributed by atoms with Gasteiger partial charge in [0.15, 0.2) is 11.6 Å². The molecule has 29 heavy (non-hydrogen) atoms. The fourth-order valence-corrected chi connectivity index (χ4v) is 2.71. The summed E-state index contributed by atoms with van der Waals surface area (Å²) in [7, 11) is 0. The monoisotopic (exact) mass is 406 g/mol. The Labute approximate surface area is 162 Å². The van der Waals surface area contributed by atoms with Gasteiger partial charge in [-0.1, -0.05) is 12.1 Å². The zero-order valence-corrected chi connectivity index (χ0v) is 14.6. The fourth-order valence-electron chi connectivity index (χ4n) is 2.71. The standard InChI is InChI=1S/C18H14F4N6O/c19-14-9-23-17(26-12-5-4-10-8-24-28-15(10)7-12)27-16(14)25-11-2-1-3-13(6-11)29-18(20,21)22/h1-7,9,24,28H,8H2,(H2,23,25,26,27). The van der Waals surface area contributed by atoms with Gasteiger partial charge in [-0.3, -0.25) is 0 Å². The Balaban J connectivity index is 1.52. The van der Waals surface area contributed by atoms with E-state index < -0.39 is 17.9 Å². The normalized spacial score (nSPS) is 12.8. The molecular weight excluding hydrogens is 392 g/mol. The van der Waals surface area contributed by atoms with E-state index in [-0.39, 0.29) is 17.5 Å². The smallest absolute Gasteiger partial charge is 0.406 e. The van der Waals surface area contributed by atoms with E-state index in [0.717, 1.165) is 29.6 Å². The molecule has 2 heterocycles. The van der Waals surface area contributed by atoms with E-state index in [1.807, 2.05) is 18.2 Å². The molecule has 0 atom stereocenters. The molecule has 0 aliphatic carbocycles. The molecule has 0 bridgehead atoms. The summed E-state index contributed by atoms with van der Waals surface area (Å²) >= 11 is 0. The Morgan fingerprint density at radius 1 is 1.03 bits per heavy atom. The number of benzene rings is 2. The third-order valence-electron chi connectivity index (χ3n) is 3.94. The molecule has 150 valence electrons. The van der Waals surface area contributed by atoms with Gasteiger partial charge < -0.3 is 20.8 Å². The number of rotatable bonds is 5. The Morgan fingerprint density at radius 3 is 2.69 bits per heavy atom. The summed E-state index contributed by atoms with van der Waals surface area (Å²) in [6.07, 6.45) is -3.86. The van der Waals surface area contributed by atoms with Crippen molar-refractivity contribution < 1.29 is 22.3 Å². The number of ether oxygens (including phenoxy) is 1. The Bertz CT molecular complexity index is 1040. The number of anilines is 5. The zero-order valence-electron chi connectivity index (χ0n) is 14.6. The van der Waals surface area contributed by atoms with Crippen LogP contribution in [0.1, 0.15) is 5.56 Å². The SMILES string of the molecule is Fc1cnc(Nc2ccc3c(c2)NNC3)nc1Nc1cccc(OC(F)(F)F)c1. The molecule has 0 amide bonds. The number of hydrogen-bond donors (Lipinski definition) is 4. The van der Waals surface area contributed by atoms with Crippen molar-refractivity contribution in [2.75, 3.05) is 16.1 Å². The lowest BCUT2D eigenvalue weighted by Crippen LogP contribution is -2.17. The third kappa shape index (κ3) is 4.63. The van der Waals surface area contributed by atoms with Crippen molar-refractivity contribution in [1.29, 1.82) is 0 Å². The van der Waals surface area contributed by atoms with Gasteiger partial charge >= 0.3 is 6.36 Å². The summed E-state index contributed by atoms with van der Waals surface area (Å²) in [6.45, 7) is 0.702. The van der Waals surface area contributed by atoms with Gasteiger partial charge in [0.2, 0.25) is 5.95 Å². The summed E-state index contributed by atoms with van der Waals surface area (Å²) in [5.41, 5.74) is 8.84. The molecular formula is C18H14F4N6O. The van der Waals surface area contributed by atoms with Gasteiger partial charge in [-0.2, -0.15) is 4.98 Å². The molecule has 3 aromatic rings. The first-order valence-electron chi connectivity index (χ1n) is 8.40. The van der Waals surface area contributed by atoms with Crippen LogP contribution in [0.15, 0.2) is 48.7 Å².